The Hall–Kier alpha value is -2.07. The van der Waals surface area contributed by atoms with Crippen LogP contribution in [0.3, 0.4) is 0 Å². The Morgan fingerprint density at radius 3 is 2.44 bits per heavy atom. The quantitative estimate of drug-likeness (QED) is 0.514. The minimum atomic E-state index is -1.50. The Kier molecular flexibility index (Phi) is 6.64. The van der Waals surface area contributed by atoms with Crippen LogP contribution in [0.4, 0.5) is 11.4 Å². The average molecular weight is 572 g/mol. The van der Waals surface area contributed by atoms with Crippen molar-refractivity contribution < 1.29 is 19.2 Å². The molecule has 3 heterocycles. The van der Waals surface area contributed by atoms with Crippen molar-refractivity contribution in [3.63, 3.8) is 0 Å². The minimum Gasteiger partial charge on any atom is -0.326 e. The number of halogens is 4. The van der Waals surface area contributed by atoms with E-state index in [4.69, 9.17) is 51.2 Å². The fourth-order valence-electron chi connectivity index (χ4n) is 5.99. The van der Waals surface area contributed by atoms with Crippen molar-refractivity contribution in [1.29, 1.82) is 0 Å². The first-order valence-corrected chi connectivity index (χ1v) is 12.8. The molecule has 0 radical (unpaired) electrons. The molecule has 0 unspecified atom stereocenters. The molecule has 8 nitrogen and oxygen atoms in total. The van der Waals surface area contributed by atoms with Crippen LogP contribution in [0.5, 0.6) is 0 Å². The van der Waals surface area contributed by atoms with Gasteiger partial charge in [-0.2, -0.15) is 0 Å². The van der Waals surface area contributed by atoms with Crippen LogP contribution in [-0.2, 0) is 24.8 Å². The molecule has 3 aliphatic heterocycles. The molecule has 0 bridgehead atoms. The van der Waals surface area contributed by atoms with Crippen LogP contribution in [0.1, 0.15) is 18.4 Å². The number of carbonyl (C=O) groups excluding carboxylic acids is 3. The van der Waals surface area contributed by atoms with Gasteiger partial charge in [0.1, 0.15) is 5.54 Å². The number of hydrogen-bond acceptors (Lipinski definition) is 5. The fraction of sp³-hybridized carbons (Fsp3) is 0.375. The van der Waals surface area contributed by atoms with Gasteiger partial charge in [0.2, 0.25) is 5.91 Å². The number of amides is 3. The van der Waals surface area contributed by atoms with Crippen LogP contribution in [0.15, 0.2) is 30.3 Å². The molecular weight excluding hydrogens is 550 g/mol. The highest BCUT2D eigenvalue weighted by molar-refractivity contribution is 6.38. The molecule has 1 spiro atoms. The first-order valence-electron chi connectivity index (χ1n) is 11.3. The number of carbonyl (C=O) groups is 3. The third-order valence-electron chi connectivity index (χ3n) is 7.31. The fourth-order valence-corrected chi connectivity index (χ4v) is 7.05. The second-order valence-electron chi connectivity index (χ2n) is 9.10. The molecule has 2 saturated heterocycles. The van der Waals surface area contributed by atoms with E-state index in [9.17, 15) is 14.4 Å². The lowest BCUT2D eigenvalue weighted by atomic mass is 9.73. The molecule has 2 fully saturated rings. The average Bonchev–Trinajstić information content (AvgIpc) is 3.46. The van der Waals surface area contributed by atoms with E-state index in [1.807, 2.05) is 4.90 Å². The second kappa shape index (κ2) is 9.35. The molecule has 4 atom stereocenters. The zero-order valence-corrected chi connectivity index (χ0v) is 22.3. The van der Waals surface area contributed by atoms with Crippen LogP contribution in [0.25, 0.3) is 0 Å². The van der Waals surface area contributed by atoms with Crippen molar-refractivity contribution in [3.05, 3.63) is 56.0 Å². The number of fused-ring (bicyclic) bond motifs is 4. The molecule has 0 aromatic heterocycles. The lowest BCUT2D eigenvalue weighted by molar-refractivity contribution is -0.179. The topological polar surface area (TPSA) is 91.0 Å². The Bertz CT molecular complexity index is 1270. The highest BCUT2D eigenvalue weighted by Crippen LogP contribution is 2.59. The summed E-state index contributed by atoms with van der Waals surface area (Å²) >= 11 is 25.1. The Labute approximate surface area is 227 Å². The molecule has 12 heteroatoms. The molecule has 0 aliphatic carbocycles. The van der Waals surface area contributed by atoms with Crippen LogP contribution < -0.4 is 10.6 Å². The third-order valence-corrected chi connectivity index (χ3v) is 8.26. The third kappa shape index (κ3) is 3.78. The van der Waals surface area contributed by atoms with Gasteiger partial charge in [0, 0.05) is 39.4 Å². The molecule has 190 valence electrons. The lowest BCUT2D eigenvalue weighted by Crippen LogP contribution is -2.55. The van der Waals surface area contributed by atoms with E-state index in [-0.39, 0.29) is 5.02 Å². The van der Waals surface area contributed by atoms with Gasteiger partial charge in [-0.1, -0.05) is 46.4 Å². The number of nitrogens with one attached hydrogen (secondary N) is 2. The summed E-state index contributed by atoms with van der Waals surface area (Å²) in [7, 11) is 2.80. The van der Waals surface area contributed by atoms with Gasteiger partial charge in [0.05, 0.1) is 29.7 Å². The van der Waals surface area contributed by atoms with E-state index in [2.05, 4.69) is 10.6 Å². The van der Waals surface area contributed by atoms with Gasteiger partial charge in [-0.15, -0.1) is 0 Å². The standard InChI is InChI=1S/C24H22Cl4N4O4/c1-31(36-2)22(34)19-18(21(33)29-14-7-11(25)6-12(26)8-14)17-4-3-5-32(17)24(19)15-9-13(27)10-16(28)20(15)30-23(24)35/h6-10,17-19H,3-5H2,1-2H3,(H,29,33)(H,30,35)/t17-,18+,19-,24+/m1/s1. The van der Waals surface area contributed by atoms with E-state index in [1.54, 1.807) is 24.3 Å². The number of rotatable bonds is 4. The van der Waals surface area contributed by atoms with Crippen molar-refractivity contribution in [1.82, 2.24) is 9.96 Å². The molecule has 2 aromatic rings. The van der Waals surface area contributed by atoms with E-state index < -0.39 is 41.1 Å². The summed E-state index contributed by atoms with van der Waals surface area (Å²) in [4.78, 5) is 48.8. The molecule has 3 amide bonds. The van der Waals surface area contributed by atoms with Crippen LogP contribution >= 0.6 is 46.4 Å². The van der Waals surface area contributed by atoms with Crippen molar-refractivity contribution in [3.8, 4) is 0 Å². The van der Waals surface area contributed by atoms with Gasteiger partial charge < -0.3 is 10.6 Å². The first-order chi connectivity index (χ1) is 17.1. The monoisotopic (exact) mass is 570 g/mol. The maximum Gasteiger partial charge on any atom is 0.252 e. The summed E-state index contributed by atoms with van der Waals surface area (Å²) in [6, 6.07) is 7.46. The highest BCUT2D eigenvalue weighted by Gasteiger charge is 2.71. The molecule has 36 heavy (non-hydrogen) atoms. The smallest absolute Gasteiger partial charge is 0.252 e. The molecule has 2 N–H and O–H groups in total. The molecule has 5 rings (SSSR count). The zero-order valence-electron chi connectivity index (χ0n) is 19.3. The number of nitrogens with zero attached hydrogens (tertiary/aromatic N) is 2. The lowest BCUT2D eigenvalue weighted by Gasteiger charge is -2.37. The molecule has 0 saturated carbocycles. The number of benzene rings is 2. The van der Waals surface area contributed by atoms with Gasteiger partial charge in [-0.3, -0.25) is 24.1 Å². The van der Waals surface area contributed by atoms with Crippen LogP contribution in [0.2, 0.25) is 20.1 Å². The predicted molar refractivity (Wildman–Crippen MR) is 138 cm³/mol. The largest absolute Gasteiger partial charge is 0.326 e. The molecule has 3 aliphatic rings. The molecule has 2 aromatic carbocycles. The predicted octanol–water partition coefficient (Wildman–Crippen LogP) is 4.82. The zero-order chi connectivity index (χ0) is 25.9. The summed E-state index contributed by atoms with van der Waals surface area (Å²) in [5.74, 6) is -3.41. The highest BCUT2D eigenvalue weighted by atomic mass is 35.5. The van der Waals surface area contributed by atoms with E-state index in [1.165, 1.54) is 20.2 Å². The van der Waals surface area contributed by atoms with Gasteiger partial charge in [0.15, 0.2) is 0 Å². The Balaban J connectivity index is 1.68. The Morgan fingerprint density at radius 2 is 1.78 bits per heavy atom. The number of hydrogen-bond donors (Lipinski definition) is 2. The molecular formula is C24H22Cl4N4O4. The summed E-state index contributed by atoms with van der Waals surface area (Å²) < 4.78 is 0. The van der Waals surface area contributed by atoms with Crippen molar-refractivity contribution in [2.24, 2.45) is 11.8 Å². The van der Waals surface area contributed by atoms with Crippen molar-refractivity contribution in [2.45, 2.75) is 24.4 Å². The second-order valence-corrected chi connectivity index (χ2v) is 10.8. The van der Waals surface area contributed by atoms with Gasteiger partial charge in [-0.05, 0) is 49.7 Å². The summed E-state index contributed by atoms with van der Waals surface area (Å²) in [6.07, 6.45) is 1.37. The normalized spacial score (nSPS) is 26.6. The SMILES string of the molecule is CON(C)C(=O)[C@H]1[C@@H](C(=O)Nc2cc(Cl)cc(Cl)c2)[C@H]2CCCN2[C@]12C(=O)Nc1c(Cl)cc(Cl)cc12. The number of hydroxylamine groups is 2. The van der Waals surface area contributed by atoms with E-state index in [0.717, 1.165) is 11.5 Å². The van der Waals surface area contributed by atoms with Gasteiger partial charge >= 0.3 is 0 Å². The summed E-state index contributed by atoms with van der Waals surface area (Å²) in [5.41, 5.74) is -0.252. The maximum atomic E-state index is 13.9. The number of anilines is 2. The van der Waals surface area contributed by atoms with E-state index in [0.29, 0.717) is 45.0 Å². The van der Waals surface area contributed by atoms with Crippen LogP contribution in [-0.4, -0.2) is 54.4 Å². The maximum absolute atomic E-state index is 13.9. The minimum absolute atomic E-state index is 0.256. The summed E-state index contributed by atoms with van der Waals surface area (Å²) in [6.45, 7) is 0.509. The van der Waals surface area contributed by atoms with Crippen LogP contribution in [0, 0.1) is 11.8 Å². The Morgan fingerprint density at radius 1 is 1.11 bits per heavy atom. The first kappa shape index (κ1) is 25.6. The van der Waals surface area contributed by atoms with Crippen molar-refractivity contribution in [2.75, 3.05) is 31.3 Å². The van der Waals surface area contributed by atoms with Gasteiger partial charge in [0.25, 0.3) is 11.8 Å². The van der Waals surface area contributed by atoms with Gasteiger partial charge in [-0.25, -0.2) is 5.06 Å². The van der Waals surface area contributed by atoms with E-state index >= 15 is 0 Å². The summed E-state index contributed by atoms with van der Waals surface area (Å²) in [5, 5.41) is 8.03. The van der Waals surface area contributed by atoms with Crippen molar-refractivity contribution >= 4 is 75.5 Å².